The van der Waals surface area contributed by atoms with Crippen LogP contribution in [0, 0.1) is 11.8 Å². The van der Waals surface area contributed by atoms with Crippen LogP contribution in [0.15, 0.2) is 0 Å². The van der Waals surface area contributed by atoms with Gasteiger partial charge in [-0.15, -0.1) is 0 Å². The number of carboxylic acids is 1. The van der Waals surface area contributed by atoms with Crippen LogP contribution in [0.1, 0.15) is 46.5 Å². The van der Waals surface area contributed by atoms with Gasteiger partial charge in [-0.05, 0) is 39.5 Å². The van der Waals surface area contributed by atoms with Gasteiger partial charge in [-0.2, -0.15) is 0 Å². The summed E-state index contributed by atoms with van der Waals surface area (Å²) in [6, 6.07) is 0. The molecule has 0 saturated heterocycles. The van der Waals surface area contributed by atoms with E-state index in [1.165, 1.54) is 0 Å². The van der Waals surface area contributed by atoms with Gasteiger partial charge in [-0.25, -0.2) is 0 Å². The summed E-state index contributed by atoms with van der Waals surface area (Å²) < 4.78 is 0. The Morgan fingerprint density at radius 1 is 1.21 bits per heavy atom. The number of carboxylic acid groups (broad SMARTS) is 1. The Labute approximate surface area is 115 Å². The Hall–Kier alpha value is -1.10. The maximum atomic E-state index is 11.7. The van der Waals surface area contributed by atoms with Crippen molar-refractivity contribution in [3.05, 3.63) is 0 Å². The SMILES string of the molecule is CC(C)(C)NCC(=O)NCC1CCCCC1C(=O)O. The van der Waals surface area contributed by atoms with Gasteiger partial charge in [0.1, 0.15) is 0 Å². The Morgan fingerprint density at radius 2 is 1.84 bits per heavy atom. The predicted octanol–water partition coefficient (Wildman–Crippen LogP) is 1.38. The van der Waals surface area contributed by atoms with Gasteiger partial charge in [0.05, 0.1) is 12.5 Å². The van der Waals surface area contributed by atoms with Crippen molar-refractivity contribution >= 4 is 11.9 Å². The highest BCUT2D eigenvalue weighted by Crippen LogP contribution is 2.29. The average molecular weight is 270 g/mol. The number of carbonyl (C=O) groups excluding carboxylic acids is 1. The topological polar surface area (TPSA) is 78.4 Å². The second kappa shape index (κ2) is 6.89. The van der Waals surface area contributed by atoms with Crippen molar-refractivity contribution in [3.63, 3.8) is 0 Å². The van der Waals surface area contributed by atoms with Gasteiger partial charge >= 0.3 is 5.97 Å². The van der Waals surface area contributed by atoms with Crippen molar-refractivity contribution in [2.45, 2.75) is 52.0 Å². The van der Waals surface area contributed by atoms with Crippen LogP contribution in [-0.4, -0.2) is 35.6 Å². The van der Waals surface area contributed by atoms with Crippen molar-refractivity contribution in [2.24, 2.45) is 11.8 Å². The zero-order valence-corrected chi connectivity index (χ0v) is 12.2. The molecule has 0 aromatic rings. The van der Waals surface area contributed by atoms with Crippen molar-refractivity contribution in [1.29, 1.82) is 0 Å². The van der Waals surface area contributed by atoms with E-state index in [0.29, 0.717) is 6.54 Å². The number of carbonyl (C=O) groups is 2. The van der Waals surface area contributed by atoms with Crippen molar-refractivity contribution in [1.82, 2.24) is 10.6 Å². The summed E-state index contributed by atoms with van der Waals surface area (Å²) in [4.78, 5) is 22.8. The van der Waals surface area contributed by atoms with Crippen molar-refractivity contribution in [3.8, 4) is 0 Å². The summed E-state index contributed by atoms with van der Waals surface area (Å²) in [5.41, 5.74) is -0.0915. The number of amides is 1. The fraction of sp³-hybridized carbons (Fsp3) is 0.857. The second-order valence-electron chi connectivity index (χ2n) is 6.40. The van der Waals surface area contributed by atoms with Crippen LogP contribution in [0.4, 0.5) is 0 Å². The number of hydrogen-bond acceptors (Lipinski definition) is 3. The van der Waals surface area contributed by atoms with E-state index in [4.69, 9.17) is 5.11 Å². The third-order valence-electron chi connectivity index (χ3n) is 3.57. The molecule has 3 N–H and O–H groups in total. The summed E-state index contributed by atoms with van der Waals surface area (Å²) in [7, 11) is 0. The van der Waals surface area contributed by atoms with Crippen LogP contribution in [-0.2, 0) is 9.59 Å². The summed E-state index contributed by atoms with van der Waals surface area (Å²) in [5.74, 6) is -1.02. The molecule has 5 nitrogen and oxygen atoms in total. The minimum absolute atomic E-state index is 0.0652. The lowest BCUT2D eigenvalue weighted by atomic mass is 9.79. The molecule has 5 heteroatoms. The first-order valence-electron chi connectivity index (χ1n) is 7.04. The molecule has 1 rings (SSSR count). The second-order valence-corrected chi connectivity index (χ2v) is 6.40. The minimum Gasteiger partial charge on any atom is -0.481 e. The van der Waals surface area contributed by atoms with E-state index < -0.39 is 5.97 Å². The van der Waals surface area contributed by atoms with E-state index in [-0.39, 0.29) is 29.8 Å². The summed E-state index contributed by atoms with van der Waals surface area (Å²) in [6.07, 6.45) is 3.66. The predicted molar refractivity (Wildman–Crippen MR) is 73.8 cm³/mol. The number of hydrogen-bond donors (Lipinski definition) is 3. The van der Waals surface area contributed by atoms with E-state index in [0.717, 1.165) is 25.7 Å². The van der Waals surface area contributed by atoms with Gasteiger partial charge in [0, 0.05) is 12.1 Å². The highest BCUT2D eigenvalue weighted by molar-refractivity contribution is 5.78. The molecule has 1 fully saturated rings. The van der Waals surface area contributed by atoms with E-state index in [1.807, 2.05) is 20.8 Å². The van der Waals surface area contributed by atoms with Crippen LogP contribution in [0.3, 0.4) is 0 Å². The molecule has 0 aromatic carbocycles. The maximum Gasteiger partial charge on any atom is 0.306 e. The van der Waals surface area contributed by atoms with Crippen molar-refractivity contribution in [2.75, 3.05) is 13.1 Å². The van der Waals surface area contributed by atoms with Crippen molar-refractivity contribution < 1.29 is 14.7 Å². The lowest BCUT2D eigenvalue weighted by Gasteiger charge is -2.28. The van der Waals surface area contributed by atoms with Gasteiger partial charge in [0.25, 0.3) is 0 Å². The van der Waals surface area contributed by atoms with Gasteiger partial charge in [0.2, 0.25) is 5.91 Å². The van der Waals surface area contributed by atoms with Gasteiger partial charge < -0.3 is 15.7 Å². The summed E-state index contributed by atoms with van der Waals surface area (Å²) in [6.45, 7) is 6.75. The summed E-state index contributed by atoms with van der Waals surface area (Å²) in [5, 5.41) is 15.1. The molecule has 0 aliphatic heterocycles. The molecule has 110 valence electrons. The zero-order valence-electron chi connectivity index (χ0n) is 12.2. The Balaban J connectivity index is 2.34. The largest absolute Gasteiger partial charge is 0.481 e. The molecule has 0 spiro atoms. The van der Waals surface area contributed by atoms with Crippen LogP contribution in [0.5, 0.6) is 0 Å². The lowest BCUT2D eigenvalue weighted by molar-refractivity contribution is -0.145. The van der Waals surface area contributed by atoms with Gasteiger partial charge in [-0.3, -0.25) is 9.59 Å². The first-order valence-corrected chi connectivity index (χ1v) is 7.04. The fourth-order valence-electron chi connectivity index (χ4n) is 2.43. The molecule has 1 aliphatic rings. The van der Waals surface area contributed by atoms with E-state index in [1.54, 1.807) is 0 Å². The standard InChI is InChI=1S/C14H26N2O3/c1-14(2,3)16-9-12(17)15-8-10-6-4-5-7-11(10)13(18)19/h10-11,16H,4-9H2,1-3H3,(H,15,17)(H,18,19). The highest BCUT2D eigenvalue weighted by atomic mass is 16.4. The van der Waals surface area contributed by atoms with E-state index >= 15 is 0 Å². The molecule has 2 unspecified atom stereocenters. The third kappa shape index (κ3) is 6.05. The fourth-order valence-corrected chi connectivity index (χ4v) is 2.43. The first kappa shape index (κ1) is 16.0. The molecule has 0 radical (unpaired) electrons. The van der Waals surface area contributed by atoms with Gasteiger partial charge in [-0.1, -0.05) is 12.8 Å². The third-order valence-corrected chi connectivity index (χ3v) is 3.57. The quantitative estimate of drug-likeness (QED) is 0.705. The smallest absolute Gasteiger partial charge is 0.306 e. The molecule has 1 saturated carbocycles. The molecular formula is C14H26N2O3. The molecular weight excluding hydrogens is 244 g/mol. The van der Waals surface area contributed by atoms with Crippen LogP contribution < -0.4 is 10.6 Å². The maximum absolute atomic E-state index is 11.7. The first-order chi connectivity index (χ1) is 8.79. The van der Waals surface area contributed by atoms with Crippen LogP contribution in [0.25, 0.3) is 0 Å². The molecule has 0 heterocycles. The number of nitrogens with one attached hydrogen (secondary N) is 2. The van der Waals surface area contributed by atoms with Gasteiger partial charge in [0.15, 0.2) is 0 Å². The monoisotopic (exact) mass is 270 g/mol. The lowest BCUT2D eigenvalue weighted by Crippen LogP contribution is -2.45. The molecule has 2 atom stereocenters. The average Bonchev–Trinajstić information content (AvgIpc) is 2.33. The number of rotatable bonds is 5. The Bertz CT molecular complexity index is 323. The molecule has 1 amide bonds. The molecule has 1 aliphatic carbocycles. The van der Waals surface area contributed by atoms with Crippen LogP contribution >= 0.6 is 0 Å². The Morgan fingerprint density at radius 3 is 2.42 bits per heavy atom. The van der Waals surface area contributed by atoms with Crippen LogP contribution in [0.2, 0.25) is 0 Å². The molecule has 19 heavy (non-hydrogen) atoms. The number of aliphatic carboxylic acids is 1. The minimum atomic E-state index is -0.730. The Kier molecular flexibility index (Phi) is 5.79. The molecule has 0 aromatic heterocycles. The summed E-state index contributed by atoms with van der Waals surface area (Å²) >= 11 is 0. The highest BCUT2D eigenvalue weighted by Gasteiger charge is 2.30. The normalized spacial score (nSPS) is 23.9. The van der Waals surface area contributed by atoms with E-state index in [9.17, 15) is 9.59 Å². The van der Waals surface area contributed by atoms with E-state index in [2.05, 4.69) is 10.6 Å². The zero-order chi connectivity index (χ0) is 14.5. The molecule has 0 bridgehead atoms.